The van der Waals surface area contributed by atoms with Crippen LogP contribution in [0.5, 0.6) is 0 Å². The Balaban J connectivity index is 1.67. The Morgan fingerprint density at radius 3 is 2.80 bits per heavy atom. The van der Waals surface area contributed by atoms with Crippen molar-refractivity contribution < 1.29 is 14.3 Å². The highest BCUT2D eigenvalue weighted by Crippen LogP contribution is 2.40. The number of piperidine rings is 1. The van der Waals surface area contributed by atoms with Crippen molar-refractivity contribution in [1.29, 1.82) is 0 Å². The summed E-state index contributed by atoms with van der Waals surface area (Å²) < 4.78 is 5.44. The van der Waals surface area contributed by atoms with Gasteiger partial charge in [-0.1, -0.05) is 6.42 Å². The fourth-order valence-electron chi connectivity index (χ4n) is 4.43. The van der Waals surface area contributed by atoms with Crippen molar-refractivity contribution in [3.8, 4) is 0 Å². The van der Waals surface area contributed by atoms with E-state index in [9.17, 15) is 9.59 Å². The number of ether oxygens (including phenoxy) is 1. The Hall–Kier alpha value is -1.91. The van der Waals surface area contributed by atoms with Crippen molar-refractivity contribution >= 4 is 17.7 Å². The zero-order chi connectivity index (χ0) is 21.9. The van der Waals surface area contributed by atoms with E-state index in [4.69, 9.17) is 16.3 Å². The van der Waals surface area contributed by atoms with Gasteiger partial charge >= 0.3 is 5.97 Å². The molecule has 1 saturated carbocycles. The van der Waals surface area contributed by atoms with E-state index in [2.05, 4.69) is 26.6 Å². The van der Waals surface area contributed by atoms with Gasteiger partial charge in [-0.25, -0.2) is 11.4 Å². The third-order valence-corrected chi connectivity index (χ3v) is 6.41. The zero-order valence-corrected chi connectivity index (χ0v) is 18.3. The highest BCUT2D eigenvalue weighted by atomic mass is 16.5. The molecule has 5 atom stereocenters. The molecule has 10 heteroatoms. The summed E-state index contributed by atoms with van der Waals surface area (Å²) in [5.41, 5.74) is 8.05. The topological polar surface area (TPSA) is 156 Å². The molecule has 2 rings (SSSR count). The molecule has 2 aliphatic rings. The molecule has 0 radical (unpaired) electrons. The summed E-state index contributed by atoms with van der Waals surface area (Å²) >= 11 is 0. The number of likely N-dealkylation sites (N-methyl/N-ethyl adjacent to an activating group) is 1. The Morgan fingerprint density at radius 1 is 1.27 bits per heavy atom. The van der Waals surface area contributed by atoms with Gasteiger partial charge < -0.3 is 26.4 Å². The van der Waals surface area contributed by atoms with Crippen LogP contribution in [-0.2, 0) is 14.3 Å². The summed E-state index contributed by atoms with van der Waals surface area (Å²) in [5.74, 6) is 7.23. The van der Waals surface area contributed by atoms with Crippen LogP contribution < -0.4 is 33.1 Å². The summed E-state index contributed by atoms with van der Waals surface area (Å²) in [6, 6.07) is -0.468. The predicted molar refractivity (Wildman–Crippen MR) is 116 cm³/mol. The average Bonchev–Trinajstić information content (AvgIpc) is 2.76. The maximum Gasteiger partial charge on any atom is 0.323 e. The summed E-state index contributed by atoms with van der Waals surface area (Å²) in [7, 11) is 1.74. The lowest BCUT2D eigenvalue weighted by atomic mass is 9.69. The summed E-state index contributed by atoms with van der Waals surface area (Å²) in [6.07, 6.45) is 6.66. The summed E-state index contributed by atoms with van der Waals surface area (Å²) in [6.45, 7) is 3.48. The smallest absolute Gasteiger partial charge is 0.323 e. The molecular formula is C20H39N7O3. The quantitative estimate of drug-likeness (QED) is 0.0649. The number of nitrogens with zero attached hydrogens (tertiary/aromatic N) is 1. The number of nitrogens with two attached hydrogens (primary N) is 2. The molecule has 0 aromatic heterocycles. The van der Waals surface area contributed by atoms with Crippen LogP contribution in [0.2, 0.25) is 0 Å². The van der Waals surface area contributed by atoms with E-state index in [0.29, 0.717) is 43.2 Å². The predicted octanol–water partition coefficient (Wildman–Crippen LogP) is -0.446. The Kier molecular flexibility index (Phi) is 10.3. The van der Waals surface area contributed by atoms with Crippen LogP contribution in [0.25, 0.3) is 0 Å². The number of hydrazine groups is 1. The third kappa shape index (κ3) is 7.73. The molecule has 1 aliphatic carbocycles. The number of rotatable bonds is 11. The van der Waals surface area contributed by atoms with Gasteiger partial charge in [0.2, 0.25) is 5.91 Å². The molecule has 1 heterocycles. The lowest BCUT2D eigenvalue weighted by Gasteiger charge is -2.42. The number of nitrogens with one attached hydrogen (secondary N) is 4. The van der Waals surface area contributed by atoms with Gasteiger partial charge in [0.1, 0.15) is 11.9 Å². The largest absolute Gasteiger partial charge is 0.464 e. The highest BCUT2D eigenvalue weighted by molar-refractivity contribution is 5.81. The summed E-state index contributed by atoms with van der Waals surface area (Å²) in [5, 5.41) is 12.9. The van der Waals surface area contributed by atoms with E-state index in [-0.39, 0.29) is 24.0 Å². The number of esters is 1. The van der Waals surface area contributed by atoms with Crippen molar-refractivity contribution in [2.75, 3.05) is 26.7 Å². The minimum Gasteiger partial charge on any atom is -0.464 e. The second kappa shape index (κ2) is 12.7. The van der Waals surface area contributed by atoms with Crippen LogP contribution in [0.4, 0.5) is 0 Å². The van der Waals surface area contributed by atoms with Gasteiger partial charge in [-0.05, 0) is 70.4 Å². The average molecular weight is 426 g/mol. The van der Waals surface area contributed by atoms with Gasteiger partial charge in [-0.15, -0.1) is 0 Å². The fourth-order valence-corrected chi connectivity index (χ4v) is 4.43. The van der Waals surface area contributed by atoms with Gasteiger partial charge in [0.25, 0.3) is 0 Å². The maximum atomic E-state index is 12.5. The molecule has 0 bridgehead atoms. The van der Waals surface area contributed by atoms with Crippen LogP contribution in [0.1, 0.15) is 51.9 Å². The van der Waals surface area contributed by atoms with E-state index in [1.807, 2.05) is 0 Å². The first-order valence-electron chi connectivity index (χ1n) is 11.1. The molecule has 2 fully saturated rings. The van der Waals surface area contributed by atoms with Gasteiger partial charge in [0.15, 0.2) is 0 Å². The SMILES string of the molecule is CNC(C)C(=O)NCCCOC(=O)C1CC2CC(CC/C(N)=N/NN)CCC2CN1. The lowest BCUT2D eigenvalue weighted by molar-refractivity contribution is -0.148. The second-order valence-electron chi connectivity index (χ2n) is 8.49. The van der Waals surface area contributed by atoms with Gasteiger partial charge in [0.05, 0.1) is 12.6 Å². The van der Waals surface area contributed by atoms with Crippen LogP contribution in [0.3, 0.4) is 0 Å². The van der Waals surface area contributed by atoms with Crippen LogP contribution in [0, 0.1) is 17.8 Å². The molecule has 0 aromatic rings. The van der Waals surface area contributed by atoms with E-state index < -0.39 is 0 Å². The normalized spacial score (nSPS) is 27.6. The van der Waals surface area contributed by atoms with Gasteiger partial charge in [-0.2, -0.15) is 5.10 Å². The number of amidine groups is 1. The number of fused-ring (bicyclic) bond motifs is 1. The van der Waals surface area contributed by atoms with Gasteiger partial charge in [0, 0.05) is 13.0 Å². The number of amides is 1. The first-order valence-corrected chi connectivity index (χ1v) is 11.1. The first kappa shape index (κ1) is 24.4. The molecule has 1 saturated heterocycles. The number of hydrazone groups is 1. The molecule has 30 heavy (non-hydrogen) atoms. The lowest BCUT2D eigenvalue weighted by Crippen LogP contribution is -2.50. The molecule has 0 spiro atoms. The number of carbonyl (C=O) groups is 2. The maximum absolute atomic E-state index is 12.5. The first-order chi connectivity index (χ1) is 14.4. The number of carbonyl (C=O) groups excluding carboxylic acids is 2. The molecule has 10 nitrogen and oxygen atoms in total. The summed E-state index contributed by atoms with van der Waals surface area (Å²) in [4.78, 5) is 24.1. The van der Waals surface area contributed by atoms with E-state index in [1.165, 1.54) is 12.8 Å². The van der Waals surface area contributed by atoms with Crippen molar-refractivity contribution in [3.63, 3.8) is 0 Å². The fraction of sp³-hybridized carbons (Fsp3) is 0.850. The zero-order valence-electron chi connectivity index (χ0n) is 18.3. The molecule has 0 aromatic carbocycles. The van der Waals surface area contributed by atoms with E-state index >= 15 is 0 Å². The van der Waals surface area contributed by atoms with Crippen molar-refractivity contribution in [3.05, 3.63) is 0 Å². The molecule has 5 unspecified atom stereocenters. The van der Waals surface area contributed by atoms with Crippen molar-refractivity contribution in [2.45, 2.75) is 64.0 Å². The Morgan fingerprint density at radius 2 is 2.07 bits per heavy atom. The second-order valence-corrected chi connectivity index (χ2v) is 8.49. The number of hydrogen-bond donors (Lipinski definition) is 6. The third-order valence-electron chi connectivity index (χ3n) is 6.41. The number of hydrogen-bond acceptors (Lipinski definition) is 8. The van der Waals surface area contributed by atoms with Crippen molar-refractivity contribution in [1.82, 2.24) is 21.5 Å². The monoisotopic (exact) mass is 425 g/mol. The van der Waals surface area contributed by atoms with Crippen LogP contribution >= 0.6 is 0 Å². The minimum absolute atomic E-state index is 0.0528. The molecule has 1 amide bonds. The van der Waals surface area contributed by atoms with Crippen molar-refractivity contribution in [2.24, 2.45) is 34.4 Å². The van der Waals surface area contributed by atoms with Crippen LogP contribution in [0.15, 0.2) is 5.10 Å². The van der Waals surface area contributed by atoms with Crippen LogP contribution in [-0.4, -0.2) is 56.5 Å². The standard InChI is InChI=1S/C20H39N7O3/c1-13(23-2)19(28)24-8-3-9-30-20(29)17-11-16-10-14(4-6-15(16)12-25-17)5-7-18(21)26-27-22/h13-17,23,25,27H,3-12,22H2,1-2H3,(H2,21,26)(H,24,28). The molecule has 8 N–H and O–H groups in total. The Bertz CT molecular complexity index is 587. The van der Waals surface area contributed by atoms with E-state index in [1.54, 1.807) is 14.0 Å². The minimum atomic E-state index is -0.239. The highest BCUT2D eigenvalue weighted by Gasteiger charge is 2.38. The molecule has 1 aliphatic heterocycles. The molecule has 172 valence electrons. The Labute approximate surface area is 179 Å². The molecular weight excluding hydrogens is 386 g/mol. The van der Waals surface area contributed by atoms with Gasteiger partial charge in [-0.3, -0.25) is 9.59 Å². The van der Waals surface area contributed by atoms with E-state index in [0.717, 1.165) is 32.2 Å².